The molecule has 0 atom stereocenters. The lowest BCUT2D eigenvalue weighted by Crippen LogP contribution is -2.52. The number of hydrogen-bond acceptors (Lipinski definition) is 4. The first kappa shape index (κ1) is 15.2. The van der Waals surface area contributed by atoms with Gasteiger partial charge in [0.1, 0.15) is 5.60 Å². The smallest absolute Gasteiger partial charge is 0.422 e. The number of rotatable bonds is 1. The van der Waals surface area contributed by atoms with Crippen molar-refractivity contribution in [3.63, 3.8) is 0 Å². The van der Waals surface area contributed by atoms with E-state index < -0.39 is 5.60 Å². The van der Waals surface area contributed by atoms with Gasteiger partial charge in [0.15, 0.2) is 0 Å². The van der Waals surface area contributed by atoms with E-state index in [-0.39, 0.29) is 11.5 Å². The number of nitrogens with one attached hydrogen (secondary N) is 2. The van der Waals surface area contributed by atoms with Crippen molar-refractivity contribution < 1.29 is 9.53 Å². The van der Waals surface area contributed by atoms with Crippen molar-refractivity contribution in [2.75, 3.05) is 25.0 Å². The highest BCUT2D eigenvalue weighted by molar-refractivity contribution is 5.67. The molecule has 1 aromatic carbocycles. The van der Waals surface area contributed by atoms with Gasteiger partial charge < -0.3 is 10.1 Å². The number of carbonyl (C=O) groups is 1. The van der Waals surface area contributed by atoms with Crippen molar-refractivity contribution in [3.8, 4) is 0 Å². The van der Waals surface area contributed by atoms with Gasteiger partial charge in [0, 0.05) is 30.7 Å². The zero-order valence-electron chi connectivity index (χ0n) is 13.6. The minimum Gasteiger partial charge on any atom is -0.443 e. The summed E-state index contributed by atoms with van der Waals surface area (Å²) in [7, 11) is 0. The Morgan fingerprint density at radius 1 is 1.27 bits per heavy atom. The lowest BCUT2D eigenvalue weighted by Gasteiger charge is -2.39. The third kappa shape index (κ3) is 3.04. The molecule has 1 saturated heterocycles. The molecule has 3 rings (SSSR count). The van der Waals surface area contributed by atoms with Gasteiger partial charge in [0.05, 0.1) is 0 Å². The standard InChI is InChI=1S/C17H25N3O2/c1-16(2,3)22-15(21)19-20-10-8-17(9-11-20)12-18-14-7-5-4-6-13(14)17/h4-7,18H,8-12H2,1-3H3,(H,19,21). The second kappa shape index (κ2) is 5.47. The second-order valence-electron chi connectivity index (χ2n) is 7.28. The third-order valence-corrected chi connectivity index (χ3v) is 4.48. The summed E-state index contributed by atoms with van der Waals surface area (Å²) in [5, 5.41) is 5.49. The molecule has 0 aliphatic carbocycles. The van der Waals surface area contributed by atoms with E-state index in [0.717, 1.165) is 32.5 Å². The molecule has 1 fully saturated rings. The molecule has 1 aromatic rings. The highest BCUT2D eigenvalue weighted by Crippen LogP contribution is 2.43. The Kier molecular flexibility index (Phi) is 3.77. The van der Waals surface area contributed by atoms with E-state index in [4.69, 9.17) is 4.74 Å². The van der Waals surface area contributed by atoms with Crippen LogP contribution in [0.4, 0.5) is 10.5 Å². The molecule has 5 nitrogen and oxygen atoms in total. The largest absolute Gasteiger partial charge is 0.443 e. The molecule has 2 aliphatic heterocycles. The maximum Gasteiger partial charge on any atom is 0.422 e. The van der Waals surface area contributed by atoms with Crippen LogP contribution >= 0.6 is 0 Å². The molecular weight excluding hydrogens is 278 g/mol. The van der Waals surface area contributed by atoms with Gasteiger partial charge in [0.2, 0.25) is 0 Å². The number of amides is 1. The summed E-state index contributed by atoms with van der Waals surface area (Å²) in [5.74, 6) is 0. The van der Waals surface area contributed by atoms with Crippen molar-refractivity contribution >= 4 is 11.8 Å². The maximum absolute atomic E-state index is 11.9. The number of piperidine rings is 1. The number of anilines is 1. The molecule has 1 amide bonds. The number of hydrogen-bond donors (Lipinski definition) is 2. The Hall–Kier alpha value is -1.75. The Bertz CT molecular complexity index is 557. The van der Waals surface area contributed by atoms with Crippen LogP contribution in [0.15, 0.2) is 24.3 Å². The van der Waals surface area contributed by atoms with Gasteiger partial charge in [0.25, 0.3) is 0 Å². The molecule has 2 aliphatic rings. The highest BCUT2D eigenvalue weighted by atomic mass is 16.6. The van der Waals surface area contributed by atoms with E-state index in [1.165, 1.54) is 11.3 Å². The summed E-state index contributed by atoms with van der Waals surface area (Å²) in [4.78, 5) is 11.9. The van der Waals surface area contributed by atoms with Gasteiger partial charge >= 0.3 is 6.09 Å². The zero-order valence-corrected chi connectivity index (χ0v) is 13.6. The molecule has 0 unspecified atom stereocenters. The minimum atomic E-state index is -0.463. The van der Waals surface area contributed by atoms with E-state index in [1.54, 1.807) is 0 Å². The van der Waals surface area contributed by atoms with Crippen LogP contribution in [0.3, 0.4) is 0 Å². The Morgan fingerprint density at radius 2 is 1.95 bits per heavy atom. The first-order chi connectivity index (χ1) is 10.4. The first-order valence-corrected chi connectivity index (χ1v) is 7.96. The van der Waals surface area contributed by atoms with Gasteiger partial charge in [-0.3, -0.25) is 5.43 Å². The minimum absolute atomic E-state index is 0.211. The number of hydrazine groups is 1. The van der Waals surface area contributed by atoms with Crippen molar-refractivity contribution in [3.05, 3.63) is 29.8 Å². The van der Waals surface area contributed by atoms with E-state index >= 15 is 0 Å². The van der Waals surface area contributed by atoms with E-state index in [9.17, 15) is 4.79 Å². The quantitative estimate of drug-likeness (QED) is 0.837. The Labute approximate surface area is 132 Å². The molecule has 2 N–H and O–H groups in total. The maximum atomic E-state index is 11.9. The van der Waals surface area contributed by atoms with Crippen LogP contribution in [0.25, 0.3) is 0 Å². The van der Waals surface area contributed by atoms with Crippen molar-refractivity contribution in [2.45, 2.75) is 44.6 Å². The Morgan fingerprint density at radius 3 is 2.64 bits per heavy atom. The molecule has 0 saturated carbocycles. The predicted molar refractivity (Wildman–Crippen MR) is 86.8 cm³/mol. The Balaban J connectivity index is 1.59. The second-order valence-corrected chi connectivity index (χ2v) is 7.28. The lowest BCUT2D eigenvalue weighted by atomic mass is 9.74. The summed E-state index contributed by atoms with van der Waals surface area (Å²) >= 11 is 0. The third-order valence-electron chi connectivity index (χ3n) is 4.48. The van der Waals surface area contributed by atoms with Crippen molar-refractivity contribution in [2.24, 2.45) is 0 Å². The molecule has 120 valence electrons. The lowest BCUT2D eigenvalue weighted by molar-refractivity contribution is 0.0251. The van der Waals surface area contributed by atoms with Crippen LogP contribution in [0, 0.1) is 0 Å². The first-order valence-electron chi connectivity index (χ1n) is 7.96. The number of ether oxygens (including phenoxy) is 1. The molecule has 0 radical (unpaired) electrons. The van der Waals surface area contributed by atoms with Crippen LogP contribution in [0.5, 0.6) is 0 Å². The number of fused-ring (bicyclic) bond motifs is 2. The van der Waals surface area contributed by atoms with Gasteiger partial charge in [-0.2, -0.15) is 0 Å². The number of para-hydroxylation sites is 1. The molecule has 1 spiro atoms. The van der Waals surface area contributed by atoms with Gasteiger partial charge in [-0.15, -0.1) is 0 Å². The number of nitrogens with zero attached hydrogens (tertiary/aromatic N) is 1. The van der Waals surface area contributed by atoms with Crippen LogP contribution in [0.1, 0.15) is 39.2 Å². The average molecular weight is 303 g/mol. The van der Waals surface area contributed by atoms with Gasteiger partial charge in [-0.1, -0.05) is 18.2 Å². The van der Waals surface area contributed by atoms with Gasteiger partial charge in [-0.05, 0) is 45.2 Å². The van der Waals surface area contributed by atoms with Crippen LogP contribution in [-0.2, 0) is 10.2 Å². The fourth-order valence-electron chi connectivity index (χ4n) is 3.38. The average Bonchev–Trinajstić information content (AvgIpc) is 2.79. The van der Waals surface area contributed by atoms with Crippen LogP contribution in [0.2, 0.25) is 0 Å². The fourth-order valence-corrected chi connectivity index (χ4v) is 3.38. The fraction of sp³-hybridized carbons (Fsp3) is 0.588. The summed E-state index contributed by atoms with van der Waals surface area (Å²) in [6.07, 6.45) is 1.70. The van der Waals surface area contributed by atoms with Gasteiger partial charge in [-0.25, -0.2) is 9.80 Å². The zero-order chi connectivity index (χ0) is 15.8. The van der Waals surface area contributed by atoms with Crippen molar-refractivity contribution in [1.82, 2.24) is 10.4 Å². The van der Waals surface area contributed by atoms with Crippen molar-refractivity contribution in [1.29, 1.82) is 0 Å². The predicted octanol–water partition coefficient (Wildman–Crippen LogP) is 2.89. The molecule has 22 heavy (non-hydrogen) atoms. The molecule has 0 bridgehead atoms. The SMILES string of the molecule is CC(C)(C)OC(=O)NN1CCC2(CC1)CNc1ccccc12. The molecule has 0 aromatic heterocycles. The van der Waals surface area contributed by atoms with E-state index in [0.29, 0.717) is 0 Å². The normalized spacial score (nSPS) is 20.3. The van der Waals surface area contributed by atoms with Crippen LogP contribution in [-0.4, -0.2) is 36.3 Å². The summed E-state index contributed by atoms with van der Waals surface area (Å²) < 4.78 is 5.31. The molecule has 5 heteroatoms. The molecular formula is C17H25N3O2. The summed E-state index contributed by atoms with van der Waals surface area (Å²) in [6.45, 7) is 8.30. The highest BCUT2D eigenvalue weighted by Gasteiger charge is 2.41. The van der Waals surface area contributed by atoms with E-state index in [1.807, 2.05) is 25.8 Å². The molecule has 2 heterocycles. The van der Waals surface area contributed by atoms with Crippen LogP contribution < -0.4 is 10.7 Å². The topological polar surface area (TPSA) is 53.6 Å². The van der Waals surface area contributed by atoms with E-state index in [2.05, 4.69) is 35.0 Å². The number of carbonyl (C=O) groups excluding carboxylic acids is 1. The number of benzene rings is 1. The summed E-state index contributed by atoms with van der Waals surface area (Å²) in [6, 6.07) is 8.56. The summed E-state index contributed by atoms with van der Waals surface area (Å²) in [5.41, 5.74) is 5.29. The monoisotopic (exact) mass is 303 g/mol.